The topological polar surface area (TPSA) is 30.5 Å². The van der Waals surface area contributed by atoms with Gasteiger partial charge in [0, 0.05) is 19.6 Å². The van der Waals surface area contributed by atoms with Crippen LogP contribution in [0.4, 0.5) is 0 Å². The fraction of sp³-hybridized carbons (Fsp3) is 1.00. The molecule has 0 spiro atoms. The third-order valence-electron chi connectivity index (χ3n) is 2.91. The first-order valence-corrected chi connectivity index (χ1v) is 5.29. The molecular weight excluding hydrogens is 166 g/mol. The second kappa shape index (κ2) is 3.95. The zero-order valence-electron chi connectivity index (χ0n) is 8.34. The highest BCUT2D eigenvalue weighted by Gasteiger charge is 2.32. The van der Waals surface area contributed by atoms with Gasteiger partial charge in [-0.05, 0) is 26.2 Å². The van der Waals surface area contributed by atoms with Gasteiger partial charge in [0.2, 0.25) is 0 Å². The maximum Gasteiger partial charge on any atom is 0.119 e. The first-order chi connectivity index (χ1) is 6.29. The van der Waals surface area contributed by atoms with Crippen LogP contribution < -0.4 is 5.32 Å². The van der Waals surface area contributed by atoms with Gasteiger partial charge in [-0.2, -0.15) is 0 Å². The normalized spacial score (nSPS) is 40.8. The summed E-state index contributed by atoms with van der Waals surface area (Å²) in [5.74, 6) is 0. The Morgan fingerprint density at radius 2 is 2.31 bits per heavy atom. The maximum atomic E-state index is 5.69. The van der Waals surface area contributed by atoms with Gasteiger partial charge < -0.3 is 9.47 Å². The Balaban J connectivity index is 1.81. The Morgan fingerprint density at radius 1 is 1.38 bits per heavy atom. The number of hydrogen-bond donors (Lipinski definition) is 1. The van der Waals surface area contributed by atoms with Crippen LogP contribution in [0.5, 0.6) is 0 Å². The molecule has 2 saturated heterocycles. The molecule has 0 amide bonds. The van der Waals surface area contributed by atoms with Crippen molar-refractivity contribution in [3.8, 4) is 0 Å². The van der Waals surface area contributed by atoms with Gasteiger partial charge in [0.25, 0.3) is 0 Å². The summed E-state index contributed by atoms with van der Waals surface area (Å²) in [5, 5.41) is 3.38. The standard InChI is InChI=1S/C10H19NO2/c1-10(11-5-7-13-10)8-9-4-2-3-6-12-9/h9,11H,2-8H2,1H3. The smallest absolute Gasteiger partial charge is 0.119 e. The van der Waals surface area contributed by atoms with Crippen LogP contribution in [0.25, 0.3) is 0 Å². The molecule has 2 aliphatic rings. The molecule has 0 aromatic rings. The first kappa shape index (κ1) is 9.44. The largest absolute Gasteiger partial charge is 0.378 e. The van der Waals surface area contributed by atoms with E-state index >= 15 is 0 Å². The SMILES string of the molecule is CC1(CC2CCCCO2)NCCO1. The van der Waals surface area contributed by atoms with Crippen molar-refractivity contribution in [2.75, 3.05) is 19.8 Å². The molecule has 3 heteroatoms. The Bertz CT molecular complexity index is 160. The summed E-state index contributed by atoms with van der Waals surface area (Å²) in [4.78, 5) is 0. The molecule has 2 atom stereocenters. The molecule has 0 aromatic carbocycles. The van der Waals surface area contributed by atoms with Crippen LogP contribution in [0.3, 0.4) is 0 Å². The number of hydrogen-bond acceptors (Lipinski definition) is 3. The van der Waals surface area contributed by atoms with Crippen LogP contribution in [-0.4, -0.2) is 31.6 Å². The molecule has 2 unspecified atom stereocenters. The summed E-state index contributed by atoms with van der Waals surface area (Å²) >= 11 is 0. The van der Waals surface area contributed by atoms with Gasteiger partial charge in [-0.3, -0.25) is 5.32 Å². The highest BCUT2D eigenvalue weighted by atomic mass is 16.5. The van der Waals surface area contributed by atoms with E-state index in [1.165, 1.54) is 19.3 Å². The van der Waals surface area contributed by atoms with E-state index in [0.717, 1.165) is 26.2 Å². The minimum Gasteiger partial charge on any atom is -0.378 e. The Labute approximate surface area is 79.8 Å². The molecule has 1 N–H and O–H groups in total. The van der Waals surface area contributed by atoms with Crippen molar-refractivity contribution in [1.82, 2.24) is 5.32 Å². The fourth-order valence-electron chi connectivity index (χ4n) is 2.18. The highest BCUT2D eigenvalue weighted by molar-refractivity contribution is 4.82. The van der Waals surface area contributed by atoms with E-state index in [1.807, 2.05) is 0 Å². The van der Waals surface area contributed by atoms with Crippen molar-refractivity contribution >= 4 is 0 Å². The Morgan fingerprint density at radius 3 is 2.92 bits per heavy atom. The van der Waals surface area contributed by atoms with Crippen LogP contribution in [0.15, 0.2) is 0 Å². The van der Waals surface area contributed by atoms with Crippen LogP contribution in [-0.2, 0) is 9.47 Å². The van der Waals surface area contributed by atoms with Gasteiger partial charge in [0.15, 0.2) is 0 Å². The molecule has 0 aromatic heterocycles. The number of ether oxygens (including phenoxy) is 2. The van der Waals surface area contributed by atoms with Gasteiger partial charge in [-0.1, -0.05) is 0 Å². The molecule has 0 saturated carbocycles. The maximum absolute atomic E-state index is 5.69. The van der Waals surface area contributed by atoms with Gasteiger partial charge in [-0.25, -0.2) is 0 Å². The molecule has 0 aliphatic carbocycles. The lowest BCUT2D eigenvalue weighted by molar-refractivity contribution is -0.0678. The Kier molecular flexibility index (Phi) is 2.86. The second-order valence-electron chi connectivity index (χ2n) is 4.20. The summed E-state index contributed by atoms with van der Waals surface area (Å²) in [6, 6.07) is 0. The summed E-state index contributed by atoms with van der Waals surface area (Å²) in [5.41, 5.74) is -0.123. The predicted octanol–water partition coefficient (Wildman–Crippen LogP) is 1.28. The monoisotopic (exact) mass is 185 g/mol. The molecule has 13 heavy (non-hydrogen) atoms. The molecule has 2 fully saturated rings. The average molecular weight is 185 g/mol. The van der Waals surface area contributed by atoms with Crippen molar-refractivity contribution < 1.29 is 9.47 Å². The second-order valence-corrected chi connectivity index (χ2v) is 4.20. The molecule has 0 bridgehead atoms. The van der Waals surface area contributed by atoms with Gasteiger partial charge in [-0.15, -0.1) is 0 Å². The van der Waals surface area contributed by atoms with E-state index in [-0.39, 0.29) is 5.72 Å². The lowest BCUT2D eigenvalue weighted by atomic mass is 10.0. The fourth-order valence-corrected chi connectivity index (χ4v) is 2.18. The third kappa shape index (κ3) is 2.42. The minimum atomic E-state index is -0.123. The van der Waals surface area contributed by atoms with Crippen LogP contribution in [0.2, 0.25) is 0 Å². The van der Waals surface area contributed by atoms with Crippen molar-refractivity contribution in [2.24, 2.45) is 0 Å². The first-order valence-electron chi connectivity index (χ1n) is 5.29. The molecule has 0 radical (unpaired) electrons. The third-order valence-corrected chi connectivity index (χ3v) is 2.91. The molecule has 2 aliphatic heterocycles. The lowest BCUT2D eigenvalue weighted by Gasteiger charge is -2.31. The molecule has 2 heterocycles. The quantitative estimate of drug-likeness (QED) is 0.703. The molecule has 3 nitrogen and oxygen atoms in total. The Hall–Kier alpha value is -0.120. The summed E-state index contributed by atoms with van der Waals surface area (Å²) in [7, 11) is 0. The van der Waals surface area contributed by atoms with Crippen molar-refractivity contribution in [1.29, 1.82) is 0 Å². The van der Waals surface area contributed by atoms with Crippen molar-refractivity contribution in [3.63, 3.8) is 0 Å². The van der Waals surface area contributed by atoms with Crippen LogP contribution >= 0.6 is 0 Å². The minimum absolute atomic E-state index is 0.123. The van der Waals surface area contributed by atoms with Crippen molar-refractivity contribution in [3.05, 3.63) is 0 Å². The van der Waals surface area contributed by atoms with E-state index in [4.69, 9.17) is 9.47 Å². The average Bonchev–Trinajstić information content (AvgIpc) is 2.54. The van der Waals surface area contributed by atoms with Gasteiger partial charge >= 0.3 is 0 Å². The zero-order valence-corrected chi connectivity index (χ0v) is 8.34. The summed E-state index contributed by atoms with van der Waals surface area (Å²) in [6.45, 7) is 4.87. The zero-order chi connectivity index (χ0) is 9.15. The lowest BCUT2D eigenvalue weighted by Crippen LogP contribution is -2.42. The van der Waals surface area contributed by atoms with E-state index in [9.17, 15) is 0 Å². The number of rotatable bonds is 2. The van der Waals surface area contributed by atoms with Crippen LogP contribution in [0.1, 0.15) is 32.6 Å². The van der Waals surface area contributed by atoms with Gasteiger partial charge in [0.05, 0.1) is 12.7 Å². The summed E-state index contributed by atoms with van der Waals surface area (Å²) in [6.07, 6.45) is 5.12. The molecular formula is C10H19NO2. The van der Waals surface area contributed by atoms with E-state index < -0.39 is 0 Å². The predicted molar refractivity (Wildman–Crippen MR) is 50.6 cm³/mol. The van der Waals surface area contributed by atoms with Crippen LogP contribution in [0, 0.1) is 0 Å². The highest BCUT2D eigenvalue weighted by Crippen LogP contribution is 2.24. The molecule has 76 valence electrons. The van der Waals surface area contributed by atoms with E-state index in [2.05, 4.69) is 12.2 Å². The van der Waals surface area contributed by atoms with Gasteiger partial charge in [0.1, 0.15) is 5.72 Å². The van der Waals surface area contributed by atoms with Crippen molar-refractivity contribution in [2.45, 2.75) is 44.4 Å². The van der Waals surface area contributed by atoms with E-state index in [0.29, 0.717) is 6.10 Å². The number of nitrogens with one attached hydrogen (secondary N) is 1. The summed E-state index contributed by atoms with van der Waals surface area (Å²) < 4.78 is 11.3. The van der Waals surface area contributed by atoms with E-state index in [1.54, 1.807) is 0 Å². The molecule has 2 rings (SSSR count).